The third-order valence-electron chi connectivity index (χ3n) is 5.70. The Kier molecular flexibility index (Phi) is 3.97. The van der Waals surface area contributed by atoms with Gasteiger partial charge in [0.2, 0.25) is 0 Å². The molecule has 0 atom stereocenters. The average Bonchev–Trinajstić information content (AvgIpc) is 3.20. The van der Waals surface area contributed by atoms with E-state index in [0.717, 1.165) is 17.5 Å². The largest absolute Gasteiger partial charge is 0.253 e. The van der Waals surface area contributed by atoms with E-state index in [1.54, 1.807) is 12.4 Å². The molecule has 0 amide bonds. The van der Waals surface area contributed by atoms with E-state index in [1.807, 2.05) is 0 Å². The Hall–Kier alpha value is -3.00. The van der Waals surface area contributed by atoms with Crippen LogP contribution in [-0.2, 0) is 19.3 Å². The molecule has 27 heavy (non-hydrogen) atoms. The van der Waals surface area contributed by atoms with Crippen molar-refractivity contribution in [2.45, 2.75) is 32.6 Å². The topological polar surface area (TPSA) is 25.8 Å². The molecule has 132 valence electrons. The molecule has 3 aromatic carbocycles. The van der Waals surface area contributed by atoms with Gasteiger partial charge in [-0.25, -0.2) is 0 Å². The summed E-state index contributed by atoms with van der Waals surface area (Å²) in [5.41, 5.74) is 11.5. The second-order valence-corrected chi connectivity index (χ2v) is 7.29. The first-order chi connectivity index (χ1) is 13.3. The Labute approximate surface area is 159 Å². The van der Waals surface area contributed by atoms with E-state index in [1.165, 1.54) is 58.2 Å². The smallest absolute Gasteiger partial charge is 0.0892 e. The molecule has 4 aromatic rings. The van der Waals surface area contributed by atoms with Gasteiger partial charge in [-0.15, -0.1) is 0 Å². The van der Waals surface area contributed by atoms with Gasteiger partial charge in [0.25, 0.3) is 0 Å². The van der Waals surface area contributed by atoms with Crippen molar-refractivity contribution in [2.24, 2.45) is 0 Å². The summed E-state index contributed by atoms with van der Waals surface area (Å²) in [4.78, 5) is 8.90. The third kappa shape index (κ3) is 2.82. The lowest BCUT2D eigenvalue weighted by atomic mass is 9.88. The average molecular weight is 350 g/mol. The second kappa shape index (κ2) is 6.62. The minimum atomic E-state index is 0.937. The van der Waals surface area contributed by atoms with Crippen molar-refractivity contribution in [3.63, 3.8) is 0 Å². The van der Waals surface area contributed by atoms with Crippen LogP contribution in [0.25, 0.3) is 33.3 Å². The zero-order valence-electron chi connectivity index (χ0n) is 15.6. The highest BCUT2D eigenvalue weighted by molar-refractivity contribution is 5.90. The van der Waals surface area contributed by atoms with Crippen LogP contribution in [0, 0.1) is 0 Å². The van der Waals surface area contributed by atoms with Gasteiger partial charge in [0, 0.05) is 12.4 Å². The molecule has 0 unspecified atom stereocenters. The van der Waals surface area contributed by atoms with Crippen molar-refractivity contribution < 1.29 is 0 Å². The molecule has 2 heteroatoms. The van der Waals surface area contributed by atoms with Gasteiger partial charge < -0.3 is 0 Å². The molecule has 0 spiro atoms. The van der Waals surface area contributed by atoms with Crippen LogP contribution >= 0.6 is 0 Å². The van der Waals surface area contributed by atoms with Gasteiger partial charge in [-0.1, -0.05) is 49.4 Å². The van der Waals surface area contributed by atoms with E-state index < -0.39 is 0 Å². The first-order valence-electron chi connectivity index (χ1n) is 9.78. The molecule has 1 aliphatic carbocycles. The Bertz CT molecular complexity index is 1140. The molecule has 1 heterocycles. The Morgan fingerprint density at radius 2 is 1.59 bits per heavy atom. The lowest BCUT2D eigenvalue weighted by Gasteiger charge is -2.16. The molecular formula is C25H22N2. The number of aromatic nitrogens is 2. The number of hydrogen-bond acceptors (Lipinski definition) is 2. The van der Waals surface area contributed by atoms with Crippen LogP contribution in [0.2, 0.25) is 0 Å². The normalized spacial score (nSPS) is 13.1. The van der Waals surface area contributed by atoms with Crippen molar-refractivity contribution in [2.75, 3.05) is 0 Å². The molecule has 0 fully saturated rings. The van der Waals surface area contributed by atoms with Gasteiger partial charge in [0.05, 0.1) is 11.0 Å². The van der Waals surface area contributed by atoms with Crippen molar-refractivity contribution in [3.8, 4) is 22.3 Å². The molecule has 0 saturated heterocycles. The molecule has 1 aromatic heterocycles. The highest BCUT2D eigenvalue weighted by Crippen LogP contribution is 2.38. The summed E-state index contributed by atoms with van der Waals surface area (Å²) in [7, 11) is 0. The maximum absolute atomic E-state index is 4.50. The minimum Gasteiger partial charge on any atom is -0.253 e. The summed E-state index contributed by atoms with van der Waals surface area (Å²) in [6.07, 6.45) is 8.24. The quantitative estimate of drug-likeness (QED) is 0.452. The van der Waals surface area contributed by atoms with Gasteiger partial charge in [0.15, 0.2) is 0 Å². The molecule has 0 aliphatic heterocycles. The fraction of sp³-hybridized carbons (Fsp3) is 0.200. The van der Waals surface area contributed by atoms with Crippen molar-refractivity contribution in [1.82, 2.24) is 9.97 Å². The molecule has 2 nitrogen and oxygen atoms in total. The van der Waals surface area contributed by atoms with Gasteiger partial charge >= 0.3 is 0 Å². The molecule has 5 rings (SSSR count). The first kappa shape index (κ1) is 16.2. The Balaban J connectivity index is 1.73. The monoisotopic (exact) mass is 350 g/mol. The number of benzene rings is 3. The Morgan fingerprint density at radius 1 is 0.778 bits per heavy atom. The predicted molar refractivity (Wildman–Crippen MR) is 112 cm³/mol. The van der Waals surface area contributed by atoms with Crippen LogP contribution in [0.3, 0.4) is 0 Å². The number of hydrogen-bond donors (Lipinski definition) is 0. The molecular weight excluding hydrogens is 328 g/mol. The SMILES string of the molecule is CCc1cccc(-c2ccc3nccnc3c2)c1-c1ccc2c(c1)CCC2. The zero-order chi connectivity index (χ0) is 18.2. The van der Waals surface area contributed by atoms with Gasteiger partial charge in [-0.05, 0) is 76.8 Å². The second-order valence-electron chi connectivity index (χ2n) is 7.29. The van der Waals surface area contributed by atoms with Gasteiger partial charge in [-0.3, -0.25) is 9.97 Å². The molecule has 0 radical (unpaired) electrons. The molecule has 0 N–H and O–H groups in total. The minimum absolute atomic E-state index is 0.937. The van der Waals surface area contributed by atoms with Crippen LogP contribution < -0.4 is 0 Å². The van der Waals surface area contributed by atoms with Gasteiger partial charge in [0.1, 0.15) is 0 Å². The van der Waals surface area contributed by atoms with Crippen LogP contribution in [0.15, 0.2) is 67.0 Å². The summed E-state index contributed by atoms with van der Waals surface area (Å²) in [5.74, 6) is 0. The van der Waals surface area contributed by atoms with Crippen LogP contribution in [0.1, 0.15) is 30.0 Å². The summed E-state index contributed by atoms with van der Waals surface area (Å²) in [6, 6.07) is 20.1. The first-order valence-corrected chi connectivity index (χ1v) is 9.78. The lowest BCUT2D eigenvalue weighted by Crippen LogP contribution is -1.94. The van der Waals surface area contributed by atoms with Crippen molar-refractivity contribution in [3.05, 3.63) is 83.7 Å². The fourth-order valence-electron chi connectivity index (χ4n) is 4.33. The van der Waals surface area contributed by atoms with E-state index in [2.05, 4.69) is 71.5 Å². The maximum atomic E-state index is 4.50. The highest BCUT2D eigenvalue weighted by atomic mass is 14.8. The molecule has 0 saturated carbocycles. The van der Waals surface area contributed by atoms with Gasteiger partial charge in [-0.2, -0.15) is 0 Å². The van der Waals surface area contributed by atoms with Crippen LogP contribution in [-0.4, -0.2) is 9.97 Å². The number of aryl methyl sites for hydroxylation is 3. The summed E-state index contributed by atoms with van der Waals surface area (Å²) in [6.45, 7) is 2.24. The van der Waals surface area contributed by atoms with Crippen molar-refractivity contribution >= 4 is 11.0 Å². The summed E-state index contributed by atoms with van der Waals surface area (Å²) < 4.78 is 0. The predicted octanol–water partition coefficient (Wildman–Crippen LogP) is 6.01. The van der Waals surface area contributed by atoms with E-state index in [-0.39, 0.29) is 0 Å². The standard InChI is InChI=1S/C25H22N2/c1-2-17-5-4-8-22(20-11-12-23-24(16-20)27-14-13-26-23)25(17)21-10-9-18-6-3-7-19(18)15-21/h4-5,8-16H,2-3,6-7H2,1H3. The molecule has 0 bridgehead atoms. The van der Waals surface area contributed by atoms with E-state index in [9.17, 15) is 0 Å². The lowest BCUT2D eigenvalue weighted by molar-refractivity contribution is 0.912. The van der Waals surface area contributed by atoms with Crippen molar-refractivity contribution in [1.29, 1.82) is 0 Å². The maximum Gasteiger partial charge on any atom is 0.0892 e. The number of rotatable bonds is 3. The zero-order valence-corrected chi connectivity index (χ0v) is 15.6. The fourth-order valence-corrected chi connectivity index (χ4v) is 4.33. The van der Waals surface area contributed by atoms with Crippen LogP contribution in [0.4, 0.5) is 0 Å². The number of fused-ring (bicyclic) bond motifs is 2. The van der Waals surface area contributed by atoms with E-state index in [4.69, 9.17) is 0 Å². The highest BCUT2D eigenvalue weighted by Gasteiger charge is 2.16. The van der Waals surface area contributed by atoms with E-state index >= 15 is 0 Å². The van der Waals surface area contributed by atoms with E-state index in [0.29, 0.717) is 0 Å². The number of nitrogens with zero attached hydrogens (tertiary/aromatic N) is 2. The summed E-state index contributed by atoms with van der Waals surface area (Å²) in [5, 5.41) is 0. The summed E-state index contributed by atoms with van der Waals surface area (Å²) >= 11 is 0. The van der Waals surface area contributed by atoms with Crippen LogP contribution in [0.5, 0.6) is 0 Å². The molecule has 1 aliphatic rings. The third-order valence-corrected chi connectivity index (χ3v) is 5.70. The Morgan fingerprint density at radius 3 is 2.48 bits per heavy atom.